The molecule has 28 heavy (non-hydrogen) atoms. The second kappa shape index (κ2) is 7.62. The lowest BCUT2D eigenvalue weighted by molar-refractivity contribution is -0.134. The van der Waals surface area contributed by atoms with Gasteiger partial charge in [0, 0.05) is 37.7 Å². The third kappa shape index (κ3) is 3.72. The molecule has 2 amide bonds. The molecule has 0 radical (unpaired) electrons. The third-order valence-corrected chi connectivity index (χ3v) is 5.62. The van der Waals surface area contributed by atoms with Crippen LogP contribution in [0, 0.1) is 11.7 Å². The van der Waals surface area contributed by atoms with Crippen LogP contribution in [0.25, 0.3) is 0 Å². The zero-order valence-electron chi connectivity index (χ0n) is 15.8. The minimum Gasteiger partial charge on any atom is -0.497 e. The van der Waals surface area contributed by atoms with E-state index in [0.717, 1.165) is 12.0 Å². The van der Waals surface area contributed by atoms with E-state index in [9.17, 15) is 14.0 Å². The molecule has 2 atom stereocenters. The SMILES string of the molecule is COc1ccc(C(=O)N2CCN(C(=O)C3CC3c3ccc(F)cc3)CC2)cc1. The summed E-state index contributed by atoms with van der Waals surface area (Å²) in [5.41, 5.74) is 1.65. The highest BCUT2D eigenvalue weighted by molar-refractivity contribution is 5.94. The van der Waals surface area contributed by atoms with Crippen LogP contribution in [0.5, 0.6) is 5.75 Å². The fourth-order valence-electron chi connectivity index (χ4n) is 3.83. The first kappa shape index (κ1) is 18.5. The molecule has 1 saturated heterocycles. The van der Waals surface area contributed by atoms with Crippen LogP contribution in [-0.2, 0) is 4.79 Å². The fourth-order valence-corrected chi connectivity index (χ4v) is 3.83. The highest BCUT2D eigenvalue weighted by atomic mass is 19.1. The Bertz CT molecular complexity index is 858. The molecule has 1 heterocycles. The number of nitrogens with zero attached hydrogens (tertiary/aromatic N) is 2. The molecule has 2 unspecified atom stereocenters. The number of amides is 2. The number of carbonyl (C=O) groups is 2. The molecule has 5 nitrogen and oxygen atoms in total. The van der Waals surface area contributed by atoms with Gasteiger partial charge in [-0.2, -0.15) is 0 Å². The zero-order chi connectivity index (χ0) is 19.7. The van der Waals surface area contributed by atoms with Crippen molar-refractivity contribution in [3.63, 3.8) is 0 Å². The Hall–Kier alpha value is -2.89. The highest BCUT2D eigenvalue weighted by Gasteiger charge is 2.46. The Balaban J connectivity index is 1.31. The molecule has 2 aliphatic rings. The first-order valence-corrected chi connectivity index (χ1v) is 9.54. The van der Waals surface area contributed by atoms with Crippen LogP contribution in [0.1, 0.15) is 28.3 Å². The van der Waals surface area contributed by atoms with Gasteiger partial charge in [-0.3, -0.25) is 9.59 Å². The van der Waals surface area contributed by atoms with Crippen LogP contribution < -0.4 is 4.74 Å². The van der Waals surface area contributed by atoms with Gasteiger partial charge in [0.25, 0.3) is 5.91 Å². The molecule has 1 aliphatic heterocycles. The highest BCUT2D eigenvalue weighted by Crippen LogP contribution is 2.48. The quantitative estimate of drug-likeness (QED) is 0.817. The van der Waals surface area contributed by atoms with Crippen molar-refractivity contribution in [2.75, 3.05) is 33.3 Å². The number of methoxy groups -OCH3 is 1. The summed E-state index contributed by atoms with van der Waals surface area (Å²) in [6.07, 6.45) is 0.815. The average Bonchev–Trinajstić information content (AvgIpc) is 3.54. The monoisotopic (exact) mass is 382 g/mol. The van der Waals surface area contributed by atoms with Crippen molar-refractivity contribution < 1.29 is 18.7 Å². The lowest BCUT2D eigenvalue weighted by atomic mass is 10.1. The Labute approximate surface area is 163 Å². The Morgan fingerprint density at radius 3 is 2.14 bits per heavy atom. The summed E-state index contributed by atoms with van der Waals surface area (Å²) in [6.45, 7) is 2.16. The van der Waals surface area contributed by atoms with Crippen molar-refractivity contribution >= 4 is 11.8 Å². The van der Waals surface area contributed by atoms with E-state index in [0.29, 0.717) is 37.5 Å². The lowest BCUT2D eigenvalue weighted by Crippen LogP contribution is -2.51. The summed E-state index contributed by atoms with van der Waals surface area (Å²) in [7, 11) is 1.59. The maximum atomic E-state index is 13.1. The minimum atomic E-state index is -0.259. The van der Waals surface area contributed by atoms with E-state index < -0.39 is 0 Å². The van der Waals surface area contributed by atoms with E-state index in [1.165, 1.54) is 12.1 Å². The second-order valence-electron chi connectivity index (χ2n) is 7.35. The molecule has 0 N–H and O–H groups in total. The molecule has 2 fully saturated rings. The molecule has 146 valence electrons. The number of ether oxygens (including phenoxy) is 1. The molecular weight excluding hydrogens is 359 g/mol. The number of benzene rings is 2. The van der Waals surface area contributed by atoms with E-state index in [2.05, 4.69) is 0 Å². The van der Waals surface area contributed by atoms with Crippen molar-refractivity contribution in [1.82, 2.24) is 9.80 Å². The zero-order valence-corrected chi connectivity index (χ0v) is 15.8. The van der Waals surface area contributed by atoms with Crippen LogP contribution in [0.4, 0.5) is 4.39 Å². The molecule has 0 aromatic heterocycles. The molecule has 2 aromatic rings. The molecule has 0 spiro atoms. The van der Waals surface area contributed by atoms with E-state index in [4.69, 9.17) is 4.74 Å². The molecule has 2 aromatic carbocycles. The first-order chi connectivity index (χ1) is 13.6. The number of halogens is 1. The summed E-state index contributed by atoms with van der Waals surface area (Å²) in [5.74, 6) is 0.745. The minimum absolute atomic E-state index is 0.0192. The van der Waals surface area contributed by atoms with Crippen LogP contribution >= 0.6 is 0 Å². The summed E-state index contributed by atoms with van der Waals surface area (Å²) < 4.78 is 18.2. The van der Waals surface area contributed by atoms with Crippen molar-refractivity contribution in [2.45, 2.75) is 12.3 Å². The van der Waals surface area contributed by atoms with Gasteiger partial charge >= 0.3 is 0 Å². The maximum Gasteiger partial charge on any atom is 0.253 e. The van der Waals surface area contributed by atoms with Crippen LogP contribution in [0.15, 0.2) is 48.5 Å². The van der Waals surface area contributed by atoms with Gasteiger partial charge in [0.2, 0.25) is 5.91 Å². The maximum absolute atomic E-state index is 13.1. The normalized spacial score (nSPS) is 21.4. The third-order valence-electron chi connectivity index (χ3n) is 5.62. The van der Waals surface area contributed by atoms with Crippen molar-refractivity contribution in [1.29, 1.82) is 0 Å². The van der Waals surface area contributed by atoms with Crippen molar-refractivity contribution in [3.8, 4) is 5.75 Å². The molecule has 4 rings (SSSR count). The topological polar surface area (TPSA) is 49.9 Å². The van der Waals surface area contributed by atoms with Gasteiger partial charge in [-0.1, -0.05) is 12.1 Å². The Morgan fingerprint density at radius 2 is 1.54 bits per heavy atom. The predicted molar refractivity (Wildman–Crippen MR) is 103 cm³/mol. The summed E-state index contributed by atoms with van der Waals surface area (Å²) in [4.78, 5) is 29.0. The summed E-state index contributed by atoms with van der Waals surface area (Å²) in [5, 5.41) is 0. The number of piperazine rings is 1. The number of carbonyl (C=O) groups excluding carboxylic acids is 2. The van der Waals surface area contributed by atoms with Crippen LogP contribution in [-0.4, -0.2) is 54.9 Å². The van der Waals surface area contributed by atoms with Crippen LogP contribution in [0.3, 0.4) is 0 Å². The van der Waals surface area contributed by atoms with E-state index in [1.54, 1.807) is 48.4 Å². The fraction of sp³-hybridized carbons (Fsp3) is 0.364. The number of hydrogen-bond acceptors (Lipinski definition) is 3. The predicted octanol–water partition coefficient (Wildman–Crippen LogP) is 2.92. The first-order valence-electron chi connectivity index (χ1n) is 9.54. The summed E-state index contributed by atoms with van der Waals surface area (Å²) >= 11 is 0. The number of hydrogen-bond donors (Lipinski definition) is 0. The van der Waals surface area contributed by atoms with E-state index in [-0.39, 0.29) is 29.5 Å². The van der Waals surface area contributed by atoms with Gasteiger partial charge in [-0.05, 0) is 54.3 Å². The van der Waals surface area contributed by atoms with Gasteiger partial charge in [0.05, 0.1) is 7.11 Å². The molecule has 1 saturated carbocycles. The van der Waals surface area contributed by atoms with Crippen LogP contribution in [0.2, 0.25) is 0 Å². The lowest BCUT2D eigenvalue weighted by Gasteiger charge is -2.35. The molecular formula is C22H23FN2O3. The average molecular weight is 382 g/mol. The molecule has 0 bridgehead atoms. The standard InChI is InChI=1S/C22H23FN2O3/c1-28-18-8-4-16(5-9-18)21(26)24-10-12-25(13-11-24)22(27)20-14-19(20)15-2-6-17(23)7-3-15/h2-9,19-20H,10-14H2,1H3. The number of rotatable bonds is 4. The second-order valence-corrected chi connectivity index (χ2v) is 7.35. The largest absolute Gasteiger partial charge is 0.497 e. The van der Waals surface area contributed by atoms with Gasteiger partial charge in [-0.15, -0.1) is 0 Å². The smallest absolute Gasteiger partial charge is 0.253 e. The van der Waals surface area contributed by atoms with Gasteiger partial charge in [0.15, 0.2) is 0 Å². The van der Waals surface area contributed by atoms with Crippen molar-refractivity contribution in [2.24, 2.45) is 5.92 Å². The molecule has 1 aliphatic carbocycles. The molecule has 6 heteroatoms. The summed E-state index contributed by atoms with van der Waals surface area (Å²) in [6, 6.07) is 13.5. The van der Waals surface area contributed by atoms with Crippen molar-refractivity contribution in [3.05, 3.63) is 65.5 Å². The van der Waals surface area contributed by atoms with E-state index >= 15 is 0 Å². The Morgan fingerprint density at radius 1 is 0.929 bits per heavy atom. The van der Waals surface area contributed by atoms with Gasteiger partial charge < -0.3 is 14.5 Å². The van der Waals surface area contributed by atoms with Gasteiger partial charge in [-0.25, -0.2) is 4.39 Å². The Kier molecular flexibility index (Phi) is 5.03. The van der Waals surface area contributed by atoms with E-state index in [1.807, 2.05) is 4.90 Å². The van der Waals surface area contributed by atoms with Gasteiger partial charge in [0.1, 0.15) is 11.6 Å².